The van der Waals surface area contributed by atoms with Gasteiger partial charge in [0.15, 0.2) is 0 Å². The van der Waals surface area contributed by atoms with E-state index in [1.807, 2.05) is 0 Å². The Balaban J connectivity index is -0.000000661. The Morgan fingerprint density at radius 2 is 0.722 bits per heavy atom. The molecule has 0 aliphatic heterocycles. The first kappa shape index (κ1) is 43.7. The topological polar surface area (TPSA) is 165 Å². The monoisotopic (exact) mass is 571 g/mol. The smallest absolute Gasteiger partial charge is 0.726 e. The number of hydrogen-bond acceptors (Lipinski definition) is 8. The van der Waals surface area contributed by atoms with E-state index in [2.05, 4.69) is 13.8 Å². The van der Waals surface area contributed by atoms with Crippen LogP contribution in [0, 0.1) is 0 Å². The van der Waals surface area contributed by atoms with E-state index >= 15 is 0 Å². The third kappa shape index (κ3) is 47.8. The molecule has 0 saturated heterocycles. The average molecular weight is 572 g/mol. The molecule has 9 nitrogen and oxygen atoms in total. The molecule has 0 aromatic heterocycles. The van der Waals surface area contributed by atoms with Crippen LogP contribution in [0.5, 0.6) is 0 Å². The van der Waals surface area contributed by atoms with Gasteiger partial charge in [0, 0.05) is 0 Å². The van der Waals surface area contributed by atoms with Crippen LogP contribution in [0.3, 0.4) is 0 Å². The van der Waals surface area contributed by atoms with E-state index in [-0.39, 0.29) is 48.9 Å². The third-order valence-electron chi connectivity index (χ3n) is 5.45. The van der Waals surface area contributed by atoms with Gasteiger partial charge in [-0.3, -0.25) is 4.55 Å². The molecule has 0 radical (unpaired) electrons. The molecular formula is C24H54NNaO8S2. The summed E-state index contributed by atoms with van der Waals surface area (Å²) in [7, 11) is -8.72. The van der Waals surface area contributed by atoms with Crippen molar-refractivity contribution in [1.29, 1.82) is 0 Å². The van der Waals surface area contributed by atoms with E-state index in [4.69, 9.17) is 25.9 Å². The van der Waals surface area contributed by atoms with Crippen molar-refractivity contribution in [1.82, 2.24) is 6.15 Å². The molecule has 0 spiro atoms. The minimum atomic E-state index is -4.92. The minimum absolute atomic E-state index is 0. The summed E-state index contributed by atoms with van der Waals surface area (Å²) >= 11 is 0. The van der Waals surface area contributed by atoms with E-state index < -0.39 is 20.8 Å². The van der Waals surface area contributed by atoms with Crippen molar-refractivity contribution < 1.29 is 63.9 Å². The van der Waals surface area contributed by atoms with Gasteiger partial charge in [-0.1, -0.05) is 129 Å². The average Bonchev–Trinajstić information content (AvgIpc) is 2.74. The molecule has 0 unspecified atom stereocenters. The van der Waals surface area contributed by atoms with Gasteiger partial charge in [-0.05, 0) is 12.8 Å². The molecule has 0 aromatic rings. The van der Waals surface area contributed by atoms with Gasteiger partial charge in [0.05, 0.1) is 13.2 Å². The van der Waals surface area contributed by atoms with Crippen molar-refractivity contribution in [2.75, 3.05) is 13.2 Å². The molecule has 0 rings (SSSR count). The quantitative estimate of drug-likeness (QED) is 0.0744. The fraction of sp³-hybridized carbons (Fsp3) is 1.00. The molecule has 0 saturated carbocycles. The van der Waals surface area contributed by atoms with Crippen LogP contribution in [-0.4, -0.2) is 39.2 Å². The van der Waals surface area contributed by atoms with Crippen molar-refractivity contribution in [2.24, 2.45) is 0 Å². The van der Waals surface area contributed by atoms with Gasteiger partial charge >= 0.3 is 40.0 Å². The van der Waals surface area contributed by atoms with Gasteiger partial charge < -0.3 is 10.7 Å². The molecule has 216 valence electrons. The summed E-state index contributed by atoms with van der Waals surface area (Å²) in [4.78, 5) is 0. The summed E-state index contributed by atoms with van der Waals surface area (Å²) in [6.07, 6.45) is 24.4. The molecule has 12 heteroatoms. The maximum absolute atomic E-state index is 11.7. The normalized spacial score (nSPS) is 11.2. The summed E-state index contributed by atoms with van der Waals surface area (Å²) in [6.45, 7) is 4.98. The molecule has 0 aliphatic carbocycles. The Hall–Kier alpha value is 0.700. The zero-order valence-corrected chi connectivity index (χ0v) is 27.0. The van der Waals surface area contributed by atoms with Crippen LogP contribution in [0.15, 0.2) is 0 Å². The molecule has 0 bridgehead atoms. The SMILES string of the molecule is CCCCCCCCCCCCOS(=O)(=O)OCCCCCCCCCCCC.N.O=S(=O)([O-])O.[Na+]. The molecule has 0 atom stereocenters. The standard InChI is InChI=1S/C24H50O4S.H3N.Na.H2O4S/c1-3-5-7-9-11-13-15-17-19-21-23-27-29(25,26)28-24-22-20-18-16-14-12-10-8-6-4-2;;;1-5(2,3)4/h3-24H2,1-2H3;1H3;;(H2,1,2,3,4)/q;;+1;/p-1. The van der Waals surface area contributed by atoms with E-state index in [0.29, 0.717) is 0 Å². The van der Waals surface area contributed by atoms with Crippen LogP contribution in [-0.2, 0) is 29.2 Å². The van der Waals surface area contributed by atoms with Crippen molar-refractivity contribution in [3.63, 3.8) is 0 Å². The molecule has 0 aliphatic rings. The van der Waals surface area contributed by atoms with Gasteiger partial charge in [0.2, 0.25) is 10.4 Å². The number of hydrogen-bond donors (Lipinski definition) is 2. The van der Waals surface area contributed by atoms with Crippen LogP contribution < -0.4 is 35.7 Å². The summed E-state index contributed by atoms with van der Waals surface area (Å²) < 4.78 is 66.1. The van der Waals surface area contributed by atoms with Gasteiger partial charge in [-0.2, -0.15) is 8.42 Å². The van der Waals surface area contributed by atoms with Gasteiger partial charge in [0.1, 0.15) is 0 Å². The fourth-order valence-electron chi connectivity index (χ4n) is 3.53. The molecule has 0 heterocycles. The maximum Gasteiger partial charge on any atom is 1.00 e. The zero-order chi connectivity index (χ0) is 26.0. The van der Waals surface area contributed by atoms with Gasteiger partial charge in [0.25, 0.3) is 0 Å². The summed E-state index contributed by atoms with van der Waals surface area (Å²) in [5, 5.41) is 0. The number of rotatable bonds is 24. The van der Waals surface area contributed by atoms with Crippen LogP contribution >= 0.6 is 0 Å². The second kappa shape index (κ2) is 31.9. The molecule has 0 fully saturated rings. The van der Waals surface area contributed by atoms with Crippen molar-refractivity contribution in [2.45, 2.75) is 142 Å². The van der Waals surface area contributed by atoms with E-state index in [1.54, 1.807) is 0 Å². The third-order valence-corrected chi connectivity index (χ3v) is 6.36. The van der Waals surface area contributed by atoms with Crippen LogP contribution in [0.4, 0.5) is 0 Å². The first-order valence-electron chi connectivity index (χ1n) is 13.3. The molecule has 0 amide bonds. The Bertz CT molecular complexity index is 580. The molecule has 0 aromatic carbocycles. The van der Waals surface area contributed by atoms with Crippen LogP contribution in [0.1, 0.15) is 142 Å². The summed E-state index contributed by atoms with van der Waals surface area (Å²) in [5.74, 6) is 0. The van der Waals surface area contributed by atoms with Crippen molar-refractivity contribution in [3.8, 4) is 0 Å². The van der Waals surface area contributed by atoms with Gasteiger partial charge in [-0.25, -0.2) is 16.8 Å². The predicted octanol–water partition coefficient (Wildman–Crippen LogP) is 4.28. The van der Waals surface area contributed by atoms with Crippen LogP contribution in [0.2, 0.25) is 0 Å². The van der Waals surface area contributed by atoms with Crippen molar-refractivity contribution in [3.05, 3.63) is 0 Å². The van der Waals surface area contributed by atoms with E-state index in [9.17, 15) is 8.42 Å². The fourth-order valence-corrected chi connectivity index (χ4v) is 4.25. The molecular weight excluding hydrogens is 517 g/mol. The molecule has 36 heavy (non-hydrogen) atoms. The summed E-state index contributed by atoms with van der Waals surface area (Å²) in [5.41, 5.74) is 0. The van der Waals surface area contributed by atoms with E-state index in [0.717, 1.165) is 38.5 Å². The van der Waals surface area contributed by atoms with Crippen molar-refractivity contribution >= 4 is 20.8 Å². The molecule has 4 N–H and O–H groups in total. The first-order chi connectivity index (χ1) is 16.1. The Morgan fingerprint density at radius 1 is 0.528 bits per heavy atom. The largest absolute Gasteiger partial charge is 1.00 e. The van der Waals surface area contributed by atoms with Crippen LogP contribution in [0.25, 0.3) is 0 Å². The number of unbranched alkanes of at least 4 members (excludes halogenated alkanes) is 18. The Labute approximate surface area is 245 Å². The predicted molar refractivity (Wildman–Crippen MR) is 142 cm³/mol. The second-order valence-corrected chi connectivity index (χ2v) is 11.0. The summed E-state index contributed by atoms with van der Waals surface area (Å²) in [6, 6.07) is 0. The second-order valence-electron chi connectivity index (χ2n) is 8.84. The van der Waals surface area contributed by atoms with Gasteiger partial charge in [-0.15, -0.1) is 0 Å². The first-order valence-corrected chi connectivity index (χ1v) is 16.0. The Morgan fingerprint density at radius 3 is 0.944 bits per heavy atom. The maximum atomic E-state index is 11.7. The van der Waals surface area contributed by atoms with E-state index in [1.165, 1.54) is 89.9 Å². The minimum Gasteiger partial charge on any atom is -0.726 e. The zero-order valence-electron chi connectivity index (χ0n) is 23.4. The Kier molecular flexibility index (Phi) is 38.8.